The van der Waals surface area contributed by atoms with Gasteiger partial charge in [0, 0.05) is 12.1 Å². The zero-order valence-electron chi connectivity index (χ0n) is 7.46. The third-order valence-electron chi connectivity index (χ3n) is 1.98. The molecule has 0 aromatic heterocycles. The van der Waals surface area contributed by atoms with Crippen molar-refractivity contribution in [3.05, 3.63) is 0 Å². The Morgan fingerprint density at radius 3 is 1.00 bits per heavy atom. The Balaban J connectivity index is 0. The fraction of sp³-hybridized carbons (Fsp3) is 1.00. The predicted octanol–water partition coefficient (Wildman–Crippen LogP) is 0.305. The van der Waals surface area contributed by atoms with Gasteiger partial charge in [-0.15, -0.1) is 0 Å². The van der Waals surface area contributed by atoms with Crippen LogP contribution in [0, 0.1) is 11.8 Å². The fourth-order valence-corrected chi connectivity index (χ4v) is 0.889. The molecule has 64 valence electrons. The van der Waals surface area contributed by atoms with Gasteiger partial charge in [0.2, 0.25) is 0 Å². The first-order valence-electron chi connectivity index (χ1n) is 3.98. The molecule has 3 heteroatoms. The second-order valence-corrected chi connectivity index (χ2v) is 3.64. The monoisotopic (exact) mass is 152 g/mol. The summed E-state index contributed by atoms with van der Waals surface area (Å²) in [7, 11) is 0. The van der Waals surface area contributed by atoms with Crippen LogP contribution < -0.4 is 11.5 Å². The summed E-state index contributed by atoms with van der Waals surface area (Å²) in [4.78, 5) is 0. The van der Waals surface area contributed by atoms with Gasteiger partial charge in [-0.3, -0.25) is 0 Å². The molecule has 0 amide bonds. The van der Waals surface area contributed by atoms with Crippen molar-refractivity contribution in [3.63, 3.8) is 0 Å². The van der Waals surface area contributed by atoms with Crippen LogP contribution in [0.5, 0.6) is 0 Å². The van der Waals surface area contributed by atoms with Crippen LogP contribution in [0.25, 0.3) is 0 Å². The number of hydrogen-bond acceptors (Lipinski definition) is 2. The maximum absolute atomic E-state index is 5.84. The van der Waals surface area contributed by atoms with E-state index in [1.54, 1.807) is 0 Å². The molecular formula is C8H21LiN2. The molecule has 0 aromatic carbocycles. The zero-order chi connectivity index (χ0) is 8.31. The van der Waals surface area contributed by atoms with Crippen molar-refractivity contribution in [3.8, 4) is 0 Å². The molecule has 11 heavy (non-hydrogen) atoms. The summed E-state index contributed by atoms with van der Waals surface area (Å²) in [6, 6.07) is 0.278. The molecule has 0 heterocycles. The van der Waals surface area contributed by atoms with E-state index in [1.165, 1.54) is 0 Å². The molecule has 0 aromatic rings. The number of rotatable bonds is 3. The number of hydrogen-bond donors (Lipinski definition) is 2. The van der Waals surface area contributed by atoms with Gasteiger partial charge < -0.3 is 11.5 Å². The Morgan fingerprint density at radius 1 is 0.727 bits per heavy atom. The van der Waals surface area contributed by atoms with Crippen LogP contribution in [0.2, 0.25) is 0 Å². The van der Waals surface area contributed by atoms with Crippen LogP contribution in [-0.4, -0.2) is 30.9 Å². The summed E-state index contributed by atoms with van der Waals surface area (Å²) >= 11 is 0. The number of nitrogens with two attached hydrogens (primary N) is 2. The molecule has 2 atom stereocenters. The van der Waals surface area contributed by atoms with E-state index in [0.29, 0.717) is 11.8 Å². The Kier molecular flexibility index (Phi) is 7.77. The Hall–Kier alpha value is 0.517. The topological polar surface area (TPSA) is 52.0 Å². The molecular weight excluding hydrogens is 131 g/mol. The van der Waals surface area contributed by atoms with Crippen molar-refractivity contribution in [2.45, 2.75) is 39.8 Å². The molecule has 0 saturated heterocycles. The summed E-state index contributed by atoms with van der Waals surface area (Å²) in [5.41, 5.74) is 11.7. The predicted molar refractivity (Wildman–Crippen MR) is 52.8 cm³/mol. The molecule has 2 nitrogen and oxygen atoms in total. The third kappa shape index (κ3) is 4.87. The van der Waals surface area contributed by atoms with E-state index in [2.05, 4.69) is 27.7 Å². The van der Waals surface area contributed by atoms with E-state index < -0.39 is 0 Å². The van der Waals surface area contributed by atoms with Crippen LogP contribution in [0.3, 0.4) is 0 Å². The SMILES string of the molecule is CC(C)C(N)C(N)C(C)C.[LiH]. The van der Waals surface area contributed by atoms with Crippen LogP contribution in [0.4, 0.5) is 0 Å². The van der Waals surface area contributed by atoms with Crippen molar-refractivity contribution in [1.29, 1.82) is 0 Å². The first-order chi connectivity index (χ1) is 4.46. The average Bonchev–Trinajstić information content (AvgIpc) is 1.84. The van der Waals surface area contributed by atoms with Gasteiger partial charge >= 0.3 is 18.9 Å². The van der Waals surface area contributed by atoms with Crippen molar-refractivity contribution < 1.29 is 0 Å². The summed E-state index contributed by atoms with van der Waals surface area (Å²) in [5.74, 6) is 0.967. The van der Waals surface area contributed by atoms with E-state index in [-0.39, 0.29) is 30.9 Å². The first kappa shape index (κ1) is 14.1. The molecule has 0 aliphatic rings. The standard InChI is InChI=1S/C8H20N2.Li.H/c1-5(2)7(9)8(10)6(3)4;;/h5-8H,9-10H2,1-4H3;;. The molecule has 0 rings (SSSR count). The summed E-state index contributed by atoms with van der Waals surface area (Å²) < 4.78 is 0. The molecule has 0 aliphatic carbocycles. The van der Waals surface area contributed by atoms with Gasteiger partial charge in [0.05, 0.1) is 0 Å². The zero-order valence-corrected chi connectivity index (χ0v) is 7.46. The minimum atomic E-state index is 0. The normalized spacial score (nSPS) is 16.4. The van der Waals surface area contributed by atoms with E-state index in [0.717, 1.165) is 0 Å². The van der Waals surface area contributed by atoms with Gasteiger partial charge in [0.1, 0.15) is 0 Å². The Bertz CT molecular complexity index is 82.1. The van der Waals surface area contributed by atoms with Crippen LogP contribution >= 0.6 is 0 Å². The summed E-state index contributed by atoms with van der Waals surface area (Å²) in [6.45, 7) is 8.42. The van der Waals surface area contributed by atoms with Crippen molar-refractivity contribution in [2.24, 2.45) is 23.3 Å². The third-order valence-corrected chi connectivity index (χ3v) is 1.98. The minimum absolute atomic E-state index is 0. The average molecular weight is 152 g/mol. The molecule has 0 spiro atoms. The van der Waals surface area contributed by atoms with E-state index in [9.17, 15) is 0 Å². The van der Waals surface area contributed by atoms with Crippen molar-refractivity contribution >= 4 is 18.9 Å². The van der Waals surface area contributed by atoms with Gasteiger partial charge in [-0.2, -0.15) is 0 Å². The molecule has 0 saturated carbocycles. The van der Waals surface area contributed by atoms with Gasteiger partial charge in [0.25, 0.3) is 0 Å². The van der Waals surface area contributed by atoms with E-state index in [4.69, 9.17) is 11.5 Å². The van der Waals surface area contributed by atoms with E-state index in [1.807, 2.05) is 0 Å². The quantitative estimate of drug-likeness (QED) is 0.572. The van der Waals surface area contributed by atoms with Crippen LogP contribution in [-0.2, 0) is 0 Å². The summed E-state index contributed by atoms with van der Waals surface area (Å²) in [5, 5.41) is 0. The molecule has 0 aliphatic heterocycles. The second kappa shape index (κ2) is 6.08. The first-order valence-corrected chi connectivity index (χ1v) is 3.98. The van der Waals surface area contributed by atoms with Gasteiger partial charge in [-0.25, -0.2) is 0 Å². The van der Waals surface area contributed by atoms with Crippen molar-refractivity contribution in [2.75, 3.05) is 0 Å². The van der Waals surface area contributed by atoms with E-state index >= 15 is 0 Å². The fourth-order valence-electron chi connectivity index (χ4n) is 0.889. The Labute approximate surface area is 82.3 Å². The molecule has 2 unspecified atom stereocenters. The maximum atomic E-state index is 5.84. The summed E-state index contributed by atoms with van der Waals surface area (Å²) in [6.07, 6.45) is 0. The van der Waals surface area contributed by atoms with Gasteiger partial charge in [-0.05, 0) is 11.8 Å². The van der Waals surface area contributed by atoms with Gasteiger partial charge in [-0.1, -0.05) is 27.7 Å². The van der Waals surface area contributed by atoms with Crippen molar-refractivity contribution in [1.82, 2.24) is 0 Å². The molecule has 0 fully saturated rings. The Morgan fingerprint density at radius 2 is 0.909 bits per heavy atom. The molecule has 4 N–H and O–H groups in total. The molecule has 0 bridgehead atoms. The second-order valence-electron chi connectivity index (χ2n) is 3.64. The van der Waals surface area contributed by atoms with Crippen LogP contribution in [0.15, 0.2) is 0 Å². The van der Waals surface area contributed by atoms with Crippen LogP contribution in [0.1, 0.15) is 27.7 Å². The van der Waals surface area contributed by atoms with Gasteiger partial charge in [0.15, 0.2) is 0 Å². The molecule has 0 radical (unpaired) electrons.